The summed E-state index contributed by atoms with van der Waals surface area (Å²) in [6.07, 6.45) is 3.67. The van der Waals surface area contributed by atoms with Crippen molar-refractivity contribution < 1.29 is 22.7 Å². The molecule has 7 nitrogen and oxygen atoms in total. The standard InChI is InChI=1S/C18H24N2O5S/c1-14-5-2-3-10-19(14)17(21)13-25-18(22)15-6-8-16(9-7-15)20-11-4-12-26(20,23)24/h6-9,14H,2-5,10-13H2,1H3. The molecule has 1 atom stereocenters. The molecule has 8 heteroatoms. The van der Waals surface area contributed by atoms with Crippen molar-refractivity contribution in [2.75, 3.05) is 29.8 Å². The van der Waals surface area contributed by atoms with Crippen LogP contribution < -0.4 is 4.31 Å². The maximum Gasteiger partial charge on any atom is 0.338 e. The summed E-state index contributed by atoms with van der Waals surface area (Å²) in [6, 6.07) is 6.41. The van der Waals surface area contributed by atoms with Gasteiger partial charge >= 0.3 is 5.97 Å². The molecule has 26 heavy (non-hydrogen) atoms. The van der Waals surface area contributed by atoms with Crippen molar-refractivity contribution in [3.63, 3.8) is 0 Å². The Bertz CT molecular complexity index is 775. The predicted molar refractivity (Wildman–Crippen MR) is 97.5 cm³/mol. The lowest BCUT2D eigenvalue weighted by Crippen LogP contribution is -2.44. The Balaban J connectivity index is 1.57. The molecule has 1 unspecified atom stereocenters. The van der Waals surface area contributed by atoms with E-state index in [-0.39, 0.29) is 24.3 Å². The second-order valence-corrected chi connectivity index (χ2v) is 8.81. The number of carbonyl (C=O) groups excluding carboxylic acids is 2. The number of amides is 1. The van der Waals surface area contributed by atoms with Crippen LogP contribution in [0.1, 0.15) is 43.0 Å². The van der Waals surface area contributed by atoms with Gasteiger partial charge in [-0.15, -0.1) is 0 Å². The second-order valence-electron chi connectivity index (χ2n) is 6.80. The topological polar surface area (TPSA) is 84.0 Å². The van der Waals surface area contributed by atoms with Crippen molar-refractivity contribution in [1.29, 1.82) is 0 Å². The summed E-state index contributed by atoms with van der Waals surface area (Å²) >= 11 is 0. The zero-order valence-corrected chi connectivity index (χ0v) is 15.7. The molecule has 0 saturated carbocycles. The van der Waals surface area contributed by atoms with Crippen molar-refractivity contribution in [3.05, 3.63) is 29.8 Å². The van der Waals surface area contributed by atoms with E-state index in [0.29, 0.717) is 30.8 Å². The third-order valence-electron chi connectivity index (χ3n) is 4.94. The van der Waals surface area contributed by atoms with Gasteiger partial charge in [0, 0.05) is 19.1 Å². The zero-order chi connectivity index (χ0) is 18.7. The number of rotatable bonds is 4. The molecule has 142 valence electrons. The molecule has 1 amide bonds. The third-order valence-corrected chi connectivity index (χ3v) is 6.81. The van der Waals surface area contributed by atoms with Crippen molar-refractivity contribution in [2.45, 2.75) is 38.6 Å². The average molecular weight is 380 g/mol. The zero-order valence-electron chi connectivity index (χ0n) is 14.9. The van der Waals surface area contributed by atoms with Crippen LogP contribution >= 0.6 is 0 Å². The highest BCUT2D eigenvalue weighted by atomic mass is 32.2. The van der Waals surface area contributed by atoms with Gasteiger partial charge in [-0.05, 0) is 56.9 Å². The lowest BCUT2D eigenvalue weighted by atomic mass is 10.0. The summed E-state index contributed by atoms with van der Waals surface area (Å²) in [5, 5.41) is 0. The molecule has 2 aliphatic heterocycles. The lowest BCUT2D eigenvalue weighted by Gasteiger charge is -2.33. The van der Waals surface area contributed by atoms with Crippen molar-refractivity contribution >= 4 is 27.6 Å². The molecule has 2 saturated heterocycles. The fourth-order valence-electron chi connectivity index (χ4n) is 3.46. The van der Waals surface area contributed by atoms with Crippen LogP contribution in [-0.4, -0.2) is 56.7 Å². The highest BCUT2D eigenvalue weighted by molar-refractivity contribution is 7.93. The summed E-state index contributed by atoms with van der Waals surface area (Å²) in [7, 11) is -3.25. The van der Waals surface area contributed by atoms with Gasteiger partial charge in [0.1, 0.15) is 0 Å². The van der Waals surface area contributed by atoms with Crippen molar-refractivity contribution in [2.24, 2.45) is 0 Å². The minimum atomic E-state index is -3.25. The fourth-order valence-corrected chi connectivity index (χ4v) is 5.02. The van der Waals surface area contributed by atoms with E-state index in [9.17, 15) is 18.0 Å². The van der Waals surface area contributed by atoms with Gasteiger partial charge in [0.25, 0.3) is 5.91 Å². The first-order valence-electron chi connectivity index (χ1n) is 8.95. The van der Waals surface area contributed by atoms with Gasteiger partial charge in [-0.25, -0.2) is 13.2 Å². The van der Waals surface area contributed by atoms with E-state index in [2.05, 4.69) is 0 Å². The van der Waals surface area contributed by atoms with Gasteiger partial charge in [0.2, 0.25) is 10.0 Å². The summed E-state index contributed by atoms with van der Waals surface area (Å²) in [5.74, 6) is -0.613. The number of benzene rings is 1. The molecule has 0 spiro atoms. The largest absolute Gasteiger partial charge is 0.452 e. The maximum absolute atomic E-state index is 12.2. The average Bonchev–Trinajstić information content (AvgIpc) is 2.99. The van der Waals surface area contributed by atoms with Crippen LogP contribution in [0.25, 0.3) is 0 Å². The van der Waals surface area contributed by atoms with Gasteiger partial charge < -0.3 is 9.64 Å². The van der Waals surface area contributed by atoms with Crippen molar-refractivity contribution in [3.8, 4) is 0 Å². The molecular weight excluding hydrogens is 356 g/mol. The van der Waals surface area contributed by atoms with Crippen molar-refractivity contribution in [1.82, 2.24) is 4.90 Å². The Morgan fingerprint density at radius 1 is 1.12 bits per heavy atom. The van der Waals surface area contributed by atoms with Gasteiger partial charge in [-0.1, -0.05) is 0 Å². The molecule has 2 fully saturated rings. The summed E-state index contributed by atoms with van der Waals surface area (Å²) in [5.41, 5.74) is 0.835. The number of carbonyl (C=O) groups is 2. The third kappa shape index (κ3) is 4.00. The van der Waals surface area contributed by atoms with E-state index in [1.165, 1.54) is 16.4 Å². The summed E-state index contributed by atoms with van der Waals surface area (Å²) in [4.78, 5) is 26.1. The van der Waals surface area contributed by atoms with E-state index in [1.807, 2.05) is 6.92 Å². The fraction of sp³-hybridized carbons (Fsp3) is 0.556. The molecule has 0 N–H and O–H groups in total. The number of sulfonamides is 1. The molecule has 0 aliphatic carbocycles. The van der Waals surface area contributed by atoms with Gasteiger partial charge in [0.15, 0.2) is 6.61 Å². The lowest BCUT2D eigenvalue weighted by molar-refractivity contribution is -0.137. The highest BCUT2D eigenvalue weighted by Crippen LogP contribution is 2.24. The van der Waals surface area contributed by atoms with Crippen LogP contribution in [0.5, 0.6) is 0 Å². The number of likely N-dealkylation sites (tertiary alicyclic amines) is 1. The number of anilines is 1. The van der Waals surface area contributed by atoms with E-state index in [4.69, 9.17) is 4.74 Å². The van der Waals surface area contributed by atoms with Crippen LogP contribution in [0.2, 0.25) is 0 Å². The molecule has 0 aromatic heterocycles. The first-order valence-corrected chi connectivity index (χ1v) is 10.6. The van der Waals surface area contributed by atoms with E-state index in [0.717, 1.165) is 19.3 Å². The molecule has 1 aromatic carbocycles. The Morgan fingerprint density at radius 3 is 2.46 bits per heavy atom. The quantitative estimate of drug-likeness (QED) is 0.744. The molecule has 1 aromatic rings. The minimum Gasteiger partial charge on any atom is -0.452 e. The first kappa shape index (κ1) is 18.7. The smallest absolute Gasteiger partial charge is 0.338 e. The number of ether oxygens (including phenoxy) is 1. The first-order chi connectivity index (χ1) is 12.4. The number of hydrogen-bond donors (Lipinski definition) is 0. The van der Waals surface area contributed by atoms with E-state index in [1.54, 1.807) is 17.0 Å². The Hall–Kier alpha value is -2.09. The van der Waals surface area contributed by atoms with Crippen LogP contribution in [0.3, 0.4) is 0 Å². The van der Waals surface area contributed by atoms with Gasteiger partial charge in [0.05, 0.1) is 17.0 Å². The minimum absolute atomic E-state index is 0.147. The number of hydrogen-bond acceptors (Lipinski definition) is 5. The van der Waals surface area contributed by atoms with Crippen LogP contribution in [-0.2, 0) is 19.6 Å². The number of esters is 1. The SMILES string of the molecule is CC1CCCCN1C(=O)COC(=O)c1ccc(N2CCCS2(=O)=O)cc1. The van der Waals surface area contributed by atoms with Crippen LogP contribution in [0.15, 0.2) is 24.3 Å². The monoisotopic (exact) mass is 380 g/mol. The molecular formula is C18H24N2O5S. The predicted octanol–water partition coefficient (Wildman–Crippen LogP) is 1.78. The van der Waals surface area contributed by atoms with Crippen LogP contribution in [0.4, 0.5) is 5.69 Å². The molecule has 0 radical (unpaired) electrons. The number of piperidine rings is 1. The molecule has 2 heterocycles. The van der Waals surface area contributed by atoms with Gasteiger partial charge in [-0.2, -0.15) is 0 Å². The van der Waals surface area contributed by atoms with E-state index < -0.39 is 16.0 Å². The van der Waals surface area contributed by atoms with E-state index >= 15 is 0 Å². The summed E-state index contributed by atoms with van der Waals surface area (Å²) in [6.45, 7) is 2.89. The number of nitrogens with zero attached hydrogens (tertiary/aromatic N) is 2. The molecule has 0 bridgehead atoms. The molecule has 3 rings (SSSR count). The van der Waals surface area contributed by atoms with Gasteiger partial charge in [-0.3, -0.25) is 9.10 Å². The Kier molecular flexibility index (Phi) is 5.50. The second kappa shape index (κ2) is 7.65. The van der Waals surface area contributed by atoms with Crippen LogP contribution in [0, 0.1) is 0 Å². The maximum atomic E-state index is 12.2. The normalized spacial score (nSPS) is 22.3. The Labute approximate surface area is 154 Å². The summed E-state index contributed by atoms with van der Waals surface area (Å²) < 4.78 is 30.3. The Morgan fingerprint density at radius 2 is 1.85 bits per heavy atom. The highest BCUT2D eigenvalue weighted by Gasteiger charge is 2.28. The molecule has 2 aliphatic rings.